The normalized spacial score (nSPS) is 11.8. The van der Waals surface area contributed by atoms with E-state index in [2.05, 4.69) is 10.3 Å². The maximum Gasteiger partial charge on any atom is 0.265 e. The summed E-state index contributed by atoms with van der Waals surface area (Å²) in [6, 6.07) is 12.8. The van der Waals surface area contributed by atoms with Crippen molar-refractivity contribution in [3.05, 3.63) is 59.7 Å². The average molecular weight is 357 g/mol. The van der Waals surface area contributed by atoms with Crippen LogP contribution in [0.2, 0.25) is 0 Å². The van der Waals surface area contributed by atoms with Crippen LogP contribution < -0.4 is 15.8 Å². The Bertz CT molecular complexity index is 863. The smallest absolute Gasteiger partial charge is 0.265 e. The van der Waals surface area contributed by atoms with E-state index in [0.29, 0.717) is 16.6 Å². The molecule has 0 spiro atoms. The zero-order valence-electron chi connectivity index (χ0n) is 13.4. The number of nitrogen functional groups attached to an aromatic ring is 1. The lowest BCUT2D eigenvalue weighted by atomic mass is 10.2. The second kappa shape index (κ2) is 7.31. The van der Waals surface area contributed by atoms with Crippen LogP contribution in [-0.4, -0.2) is 17.0 Å². The zero-order valence-corrected chi connectivity index (χ0v) is 14.2. The monoisotopic (exact) mass is 357 g/mol. The molecular formula is C18H16FN3O2S. The number of nitrogens with zero attached hydrogens (tertiary/aromatic N) is 1. The third-order valence-electron chi connectivity index (χ3n) is 3.47. The van der Waals surface area contributed by atoms with Crippen LogP contribution in [0.5, 0.6) is 5.75 Å². The van der Waals surface area contributed by atoms with Gasteiger partial charge in [-0.2, -0.15) is 0 Å². The quantitative estimate of drug-likeness (QED) is 0.725. The molecule has 5 nitrogen and oxygen atoms in total. The molecule has 1 unspecified atom stereocenters. The summed E-state index contributed by atoms with van der Waals surface area (Å²) in [6.07, 6.45) is -0.703. The fraction of sp³-hybridized carbons (Fsp3) is 0.111. The van der Waals surface area contributed by atoms with Crippen LogP contribution in [0.25, 0.3) is 11.3 Å². The predicted octanol–water partition coefficient (Wildman–Crippen LogP) is 3.94. The molecule has 0 bridgehead atoms. The van der Waals surface area contributed by atoms with E-state index in [1.54, 1.807) is 19.1 Å². The summed E-state index contributed by atoms with van der Waals surface area (Å²) in [5.74, 6) is -0.110. The molecule has 0 aliphatic carbocycles. The van der Waals surface area contributed by atoms with Gasteiger partial charge in [-0.15, -0.1) is 11.3 Å². The average Bonchev–Trinajstić information content (AvgIpc) is 3.04. The first kappa shape index (κ1) is 16.9. The number of hydrogen-bond donors (Lipinski definition) is 2. The van der Waals surface area contributed by atoms with E-state index < -0.39 is 6.10 Å². The van der Waals surface area contributed by atoms with E-state index in [1.807, 2.05) is 17.5 Å². The summed E-state index contributed by atoms with van der Waals surface area (Å²) in [5, 5.41) is 5.07. The lowest BCUT2D eigenvalue weighted by molar-refractivity contribution is -0.122. The molecule has 1 atom stereocenters. The molecule has 0 saturated carbocycles. The van der Waals surface area contributed by atoms with Gasteiger partial charge >= 0.3 is 0 Å². The predicted molar refractivity (Wildman–Crippen MR) is 97.1 cm³/mol. The van der Waals surface area contributed by atoms with Crippen LogP contribution in [0.15, 0.2) is 53.9 Å². The number of aromatic nitrogens is 1. The molecule has 0 aliphatic rings. The van der Waals surface area contributed by atoms with Gasteiger partial charge in [-0.25, -0.2) is 9.37 Å². The summed E-state index contributed by atoms with van der Waals surface area (Å²) in [7, 11) is 0. The third kappa shape index (κ3) is 4.33. The Kier molecular flexibility index (Phi) is 4.95. The number of amides is 1. The molecule has 0 saturated heterocycles. The highest BCUT2D eigenvalue weighted by Gasteiger charge is 2.15. The Balaban J connectivity index is 1.61. The van der Waals surface area contributed by atoms with E-state index in [9.17, 15) is 9.18 Å². The Morgan fingerprint density at radius 1 is 1.20 bits per heavy atom. The summed E-state index contributed by atoms with van der Waals surface area (Å²) < 4.78 is 18.5. The minimum atomic E-state index is -0.703. The van der Waals surface area contributed by atoms with Crippen molar-refractivity contribution < 1.29 is 13.9 Å². The van der Waals surface area contributed by atoms with E-state index in [-0.39, 0.29) is 11.7 Å². The van der Waals surface area contributed by atoms with Crippen LogP contribution in [0.4, 0.5) is 15.2 Å². The Morgan fingerprint density at radius 2 is 1.88 bits per heavy atom. The number of carbonyl (C=O) groups is 1. The summed E-state index contributed by atoms with van der Waals surface area (Å²) in [5.41, 5.74) is 7.87. The highest BCUT2D eigenvalue weighted by atomic mass is 32.1. The van der Waals surface area contributed by atoms with Gasteiger partial charge < -0.3 is 15.8 Å². The Morgan fingerprint density at radius 3 is 2.48 bits per heavy atom. The van der Waals surface area contributed by atoms with E-state index >= 15 is 0 Å². The molecule has 3 aromatic rings. The molecule has 0 radical (unpaired) electrons. The number of nitrogens with two attached hydrogens (primary N) is 1. The van der Waals surface area contributed by atoms with Crippen LogP contribution in [0.1, 0.15) is 6.92 Å². The molecule has 25 heavy (non-hydrogen) atoms. The molecule has 0 aliphatic heterocycles. The van der Waals surface area contributed by atoms with Crippen molar-refractivity contribution in [2.45, 2.75) is 13.0 Å². The van der Waals surface area contributed by atoms with E-state index in [4.69, 9.17) is 10.5 Å². The summed E-state index contributed by atoms with van der Waals surface area (Å²) in [4.78, 5) is 16.4. The third-order valence-corrected chi connectivity index (χ3v) is 4.14. The highest BCUT2D eigenvalue weighted by Crippen LogP contribution is 2.25. The minimum Gasteiger partial charge on any atom is -0.481 e. The van der Waals surface area contributed by atoms with Gasteiger partial charge in [0.25, 0.3) is 5.91 Å². The van der Waals surface area contributed by atoms with Crippen molar-refractivity contribution in [1.82, 2.24) is 4.98 Å². The molecule has 3 N–H and O–H groups in total. The van der Waals surface area contributed by atoms with Crippen LogP contribution in [0, 0.1) is 5.82 Å². The standard InChI is InChI=1S/C18H16FN3O2S/c1-11(17(23)21-14-6-4-13(19)5-7-14)24-15-8-2-12(3-9-15)16-10-25-18(20)22-16/h2-11H,1H3,(H2,20,22)(H,21,23). The molecule has 2 aromatic carbocycles. The molecule has 7 heteroatoms. The molecule has 1 aromatic heterocycles. The minimum absolute atomic E-state index is 0.317. The molecule has 0 fully saturated rings. The lowest BCUT2D eigenvalue weighted by Crippen LogP contribution is -2.30. The largest absolute Gasteiger partial charge is 0.481 e. The van der Waals surface area contributed by atoms with Gasteiger partial charge in [0.1, 0.15) is 11.6 Å². The van der Waals surface area contributed by atoms with Gasteiger partial charge in [-0.05, 0) is 55.5 Å². The van der Waals surface area contributed by atoms with Crippen molar-refractivity contribution in [2.75, 3.05) is 11.1 Å². The van der Waals surface area contributed by atoms with E-state index in [1.165, 1.54) is 35.6 Å². The number of nitrogens with one attached hydrogen (secondary N) is 1. The maximum absolute atomic E-state index is 12.9. The van der Waals surface area contributed by atoms with Gasteiger partial charge in [0.15, 0.2) is 11.2 Å². The van der Waals surface area contributed by atoms with Crippen molar-refractivity contribution in [2.24, 2.45) is 0 Å². The van der Waals surface area contributed by atoms with Crippen molar-refractivity contribution in [3.63, 3.8) is 0 Å². The van der Waals surface area contributed by atoms with Gasteiger partial charge in [0.05, 0.1) is 5.69 Å². The van der Waals surface area contributed by atoms with Crippen molar-refractivity contribution in [3.8, 4) is 17.0 Å². The Hall–Kier alpha value is -2.93. The van der Waals surface area contributed by atoms with Crippen molar-refractivity contribution >= 4 is 28.1 Å². The number of halogens is 1. The van der Waals surface area contributed by atoms with Crippen LogP contribution in [-0.2, 0) is 4.79 Å². The van der Waals surface area contributed by atoms with Gasteiger partial charge in [-0.1, -0.05) is 0 Å². The first-order valence-electron chi connectivity index (χ1n) is 7.56. The molecular weight excluding hydrogens is 341 g/mol. The second-order valence-corrected chi connectivity index (χ2v) is 6.24. The fourth-order valence-electron chi connectivity index (χ4n) is 2.16. The lowest BCUT2D eigenvalue weighted by Gasteiger charge is -2.15. The first-order chi connectivity index (χ1) is 12.0. The van der Waals surface area contributed by atoms with Crippen LogP contribution >= 0.6 is 11.3 Å². The number of benzene rings is 2. The second-order valence-electron chi connectivity index (χ2n) is 5.35. The van der Waals surface area contributed by atoms with Crippen molar-refractivity contribution in [1.29, 1.82) is 0 Å². The highest BCUT2D eigenvalue weighted by molar-refractivity contribution is 7.13. The number of carbonyl (C=O) groups excluding carboxylic acids is 1. The molecule has 1 amide bonds. The number of ether oxygens (including phenoxy) is 1. The topological polar surface area (TPSA) is 77.2 Å². The fourth-order valence-corrected chi connectivity index (χ4v) is 2.73. The molecule has 1 heterocycles. The van der Waals surface area contributed by atoms with Gasteiger partial charge in [0, 0.05) is 16.6 Å². The first-order valence-corrected chi connectivity index (χ1v) is 8.44. The van der Waals surface area contributed by atoms with Crippen LogP contribution in [0.3, 0.4) is 0 Å². The molecule has 3 rings (SSSR count). The number of anilines is 2. The summed E-state index contributed by atoms with van der Waals surface area (Å²) >= 11 is 1.38. The summed E-state index contributed by atoms with van der Waals surface area (Å²) in [6.45, 7) is 1.65. The number of rotatable bonds is 5. The number of thiazole rings is 1. The SMILES string of the molecule is CC(Oc1ccc(-c2csc(N)n2)cc1)C(=O)Nc1ccc(F)cc1. The Labute approximate surface area is 148 Å². The zero-order chi connectivity index (χ0) is 17.8. The number of hydrogen-bond acceptors (Lipinski definition) is 5. The van der Waals surface area contributed by atoms with Gasteiger partial charge in [0.2, 0.25) is 0 Å². The molecule has 128 valence electrons. The maximum atomic E-state index is 12.9. The van der Waals surface area contributed by atoms with E-state index in [0.717, 1.165) is 11.3 Å². The van der Waals surface area contributed by atoms with Gasteiger partial charge in [-0.3, -0.25) is 4.79 Å².